The number of ketones is 1. The molecule has 0 atom stereocenters. The topological polar surface area (TPSA) is 65.0 Å². The summed E-state index contributed by atoms with van der Waals surface area (Å²) in [4.78, 5) is 12.5. The zero-order chi connectivity index (χ0) is 17.7. The summed E-state index contributed by atoms with van der Waals surface area (Å²) in [6.45, 7) is 0. The predicted molar refractivity (Wildman–Crippen MR) is 87.5 cm³/mol. The number of methoxy groups -OCH3 is 3. The highest BCUT2D eigenvalue weighted by Gasteiger charge is 2.24. The molecule has 0 radical (unpaired) electrons. The zero-order valence-electron chi connectivity index (χ0n) is 13.5. The second-order valence-corrected chi connectivity index (χ2v) is 4.79. The quantitative estimate of drug-likeness (QED) is 0.648. The molecule has 0 aliphatic heterocycles. The Bertz CT molecular complexity index is 766. The molecule has 0 fully saturated rings. The van der Waals surface area contributed by atoms with Crippen LogP contribution in [-0.2, 0) is 0 Å². The molecule has 1 N–H and O–H groups in total. The fourth-order valence-corrected chi connectivity index (χ4v) is 2.21. The number of rotatable bonds is 6. The normalized spacial score (nSPS) is 10.7. The van der Waals surface area contributed by atoms with Crippen LogP contribution in [-0.4, -0.2) is 32.2 Å². The van der Waals surface area contributed by atoms with Crippen LogP contribution >= 0.6 is 0 Å². The zero-order valence-corrected chi connectivity index (χ0v) is 13.5. The average Bonchev–Trinajstić information content (AvgIpc) is 2.59. The van der Waals surface area contributed by atoms with Crippen molar-refractivity contribution in [1.82, 2.24) is 0 Å². The average molecular weight is 332 g/mol. The standard InChI is InChI=1S/C18H17FO5/c1-22-15-10-14(21)16(18(24-3)17(15)23-2)13(20)9-6-11-4-7-12(19)8-5-11/h4-10,21H,1-3H3/b9-6+. The molecule has 126 valence electrons. The highest BCUT2D eigenvalue weighted by Crippen LogP contribution is 2.44. The van der Waals surface area contributed by atoms with E-state index in [1.165, 1.54) is 63.8 Å². The Balaban J connectivity index is 2.43. The lowest BCUT2D eigenvalue weighted by Crippen LogP contribution is -2.03. The second-order valence-electron chi connectivity index (χ2n) is 4.79. The Morgan fingerprint density at radius 3 is 2.21 bits per heavy atom. The lowest BCUT2D eigenvalue weighted by atomic mass is 10.1. The highest BCUT2D eigenvalue weighted by molar-refractivity contribution is 6.11. The van der Waals surface area contributed by atoms with Gasteiger partial charge >= 0.3 is 0 Å². The minimum Gasteiger partial charge on any atom is -0.507 e. The number of carbonyl (C=O) groups excluding carboxylic acids is 1. The SMILES string of the molecule is COc1cc(O)c(C(=O)/C=C/c2ccc(F)cc2)c(OC)c1OC. The van der Waals surface area contributed by atoms with Crippen LogP contribution in [0.4, 0.5) is 4.39 Å². The fourth-order valence-electron chi connectivity index (χ4n) is 2.21. The van der Waals surface area contributed by atoms with Gasteiger partial charge < -0.3 is 19.3 Å². The van der Waals surface area contributed by atoms with Crippen LogP contribution in [0, 0.1) is 5.82 Å². The first-order valence-corrected chi connectivity index (χ1v) is 7.01. The van der Waals surface area contributed by atoms with Gasteiger partial charge in [0.2, 0.25) is 5.75 Å². The molecule has 5 nitrogen and oxygen atoms in total. The third-order valence-corrected chi connectivity index (χ3v) is 3.35. The maximum absolute atomic E-state index is 12.9. The van der Waals surface area contributed by atoms with Gasteiger partial charge in [-0.1, -0.05) is 18.2 Å². The number of halogens is 1. The van der Waals surface area contributed by atoms with Crippen LogP contribution in [0.25, 0.3) is 6.08 Å². The van der Waals surface area contributed by atoms with E-state index in [4.69, 9.17) is 14.2 Å². The molecule has 0 bridgehead atoms. The molecule has 2 aromatic carbocycles. The molecule has 0 saturated heterocycles. The van der Waals surface area contributed by atoms with Crippen molar-refractivity contribution in [2.45, 2.75) is 0 Å². The van der Waals surface area contributed by atoms with E-state index in [9.17, 15) is 14.3 Å². The summed E-state index contributed by atoms with van der Waals surface area (Å²) < 4.78 is 28.4. The summed E-state index contributed by atoms with van der Waals surface area (Å²) in [5.41, 5.74) is 0.595. The van der Waals surface area contributed by atoms with Crippen molar-refractivity contribution >= 4 is 11.9 Å². The van der Waals surface area contributed by atoms with Gasteiger partial charge in [-0.15, -0.1) is 0 Å². The monoisotopic (exact) mass is 332 g/mol. The van der Waals surface area contributed by atoms with Crippen LogP contribution in [0.15, 0.2) is 36.4 Å². The van der Waals surface area contributed by atoms with Crippen molar-refractivity contribution in [3.8, 4) is 23.0 Å². The third-order valence-electron chi connectivity index (χ3n) is 3.35. The van der Waals surface area contributed by atoms with Gasteiger partial charge in [0.25, 0.3) is 0 Å². The summed E-state index contributed by atoms with van der Waals surface area (Å²) >= 11 is 0. The first kappa shape index (κ1) is 17.3. The summed E-state index contributed by atoms with van der Waals surface area (Å²) in [6, 6.07) is 6.92. The Morgan fingerprint density at radius 2 is 1.67 bits per heavy atom. The molecule has 2 aromatic rings. The maximum atomic E-state index is 12.9. The Labute approximate surface area is 138 Å². The molecule has 0 unspecified atom stereocenters. The van der Waals surface area contributed by atoms with E-state index in [-0.39, 0.29) is 34.4 Å². The van der Waals surface area contributed by atoms with Crippen LogP contribution in [0.2, 0.25) is 0 Å². The molecule has 6 heteroatoms. The molecule has 0 aliphatic rings. The summed E-state index contributed by atoms with van der Waals surface area (Å²) in [5.74, 6) is -0.629. The van der Waals surface area contributed by atoms with Gasteiger partial charge in [-0.25, -0.2) is 4.39 Å². The van der Waals surface area contributed by atoms with Crippen LogP contribution < -0.4 is 14.2 Å². The van der Waals surface area contributed by atoms with E-state index >= 15 is 0 Å². The maximum Gasteiger partial charge on any atom is 0.204 e. The lowest BCUT2D eigenvalue weighted by molar-refractivity contribution is 0.104. The van der Waals surface area contributed by atoms with E-state index in [1.807, 2.05) is 0 Å². The number of ether oxygens (including phenoxy) is 3. The van der Waals surface area contributed by atoms with Crippen LogP contribution in [0.3, 0.4) is 0 Å². The molecule has 0 saturated carbocycles. The van der Waals surface area contributed by atoms with Gasteiger partial charge in [0.15, 0.2) is 17.3 Å². The molecule has 0 spiro atoms. The predicted octanol–water partition coefficient (Wildman–Crippen LogP) is 3.45. The van der Waals surface area contributed by atoms with Crippen molar-refractivity contribution in [1.29, 1.82) is 0 Å². The van der Waals surface area contributed by atoms with E-state index < -0.39 is 5.78 Å². The molecular weight excluding hydrogens is 315 g/mol. The molecule has 0 amide bonds. The lowest BCUT2D eigenvalue weighted by Gasteiger charge is -2.15. The number of allylic oxidation sites excluding steroid dienone is 1. The minimum atomic E-state index is -0.491. The third kappa shape index (κ3) is 3.48. The first-order chi connectivity index (χ1) is 11.5. The molecule has 0 aromatic heterocycles. The Kier molecular flexibility index (Phi) is 5.42. The number of hydrogen-bond donors (Lipinski definition) is 1. The van der Waals surface area contributed by atoms with Crippen molar-refractivity contribution in [2.75, 3.05) is 21.3 Å². The number of hydrogen-bond acceptors (Lipinski definition) is 5. The molecule has 2 rings (SSSR count). The number of phenols is 1. The van der Waals surface area contributed by atoms with E-state index in [0.717, 1.165) is 0 Å². The van der Waals surface area contributed by atoms with Crippen molar-refractivity contribution in [2.24, 2.45) is 0 Å². The van der Waals surface area contributed by atoms with Crippen molar-refractivity contribution in [3.05, 3.63) is 53.4 Å². The first-order valence-electron chi connectivity index (χ1n) is 7.01. The highest BCUT2D eigenvalue weighted by atomic mass is 19.1. The van der Waals surface area contributed by atoms with Crippen molar-refractivity contribution < 1.29 is 28.5 Å². The second kappa shape index (κ2) is 7.50. The van der Waals surface area contributed by atoms with Gasteiger partial charge in [0, 0.05) is 6.07 Å². The van der Waals surface area contributed by atoms with Gasteiger partial charge in [0.05, 0.1) is 21.3 Å². The molecule has 0 heterocycles. The van der Waals surface area contributed by atoms with E-state index in [2.05, 4.69) is 0 Å². The van der Waals surface area contributed by atoms with Gasteiger partial charge in [-0.3, -0.25) is 4.79 Å². The van der Waals surface area contributed by atoms with E-state index in [1.54, 1.807) is 0 Å². The Hall–Kier alpha value is -3.02. The summed E-state index contributed by atoms with van der Waals surface area (Å²) in [5, 5.41) is 10.1. The number of aromatic hydroxyl groups is 1. The van der Waals surface area contributed by atoms with Gasteiger partial charge in [0.1, 0.15) is 17.1 Å². The van der Waals surface area contributed by atoms with E-state index in [0.29, 0.717) is 5.56 Å². The van der Waals surface area contributed by atoms with Crippen LogP contribution in [0.5, 0.6) is 23.0 Å². The molecule has 0 aliphatic carbocycles. The summed E-state index contributed by atoms with van der Waals surface area (Å²) in [7, 11) is 4.17. The fraction of sp³-hybridized carbons (Fsp3) is 0.167. The van der Waals surface area contributed by atoms with Gasteiger partial charge in [-0.05, 0) is 23.8 Å². The van der Waals surface area contributed by atoms with Crippen LogP contribution in [0.1, 0.15) is 15.9 Å². The molecular formula is C18H17FO5. The minimum absolute atomic E-state index is 0.0477. The Morgan fingerprint density at radius 1 is 1.04 bits per heavy atom. The summed E-state index contributed by atoms with van der Waals surface area (Å²) in [6.07, 6.45) is 2.77. The van der Waals surface area contributed by atoms with Crippen molar-refractivity contribution in [3.63, 3.8) is 0 Å². The van der Waals surface area contributed by atoms with Gasteiger partial charge in [-0.2, -0.15) is 0 Å². The number of benzene rings is 2. The largest absolute Gasteiger partial charge is 0.507 e. The smallest absolute Gasteiger partial charge is 0.204 e. The molecule has 24 heavy (non-hydrogen) atoms. The number of carbonyl (C=O) groups is 1. The number of phenolic OH excluding ortho intramolecular Hbond substituents is 1.